The van der Waals surface area contributed by atoms with Gasteiger partial charge >= 0.3 is 0 Å². The minimum absolute atomic E-state index is 0.457. The number of anilines is 2. The molecule has 0 aromatic heterocycles. The molecule has 3 nitrogen and oxygen atoms in total. The van der Waals surface area contributed by atoms with Gasteiger partial charge in [-0.15, -0.1) is 0 Å². The largest absolute Gasteiger partial charge is 0.381 e. The van der Waals surface area contributed by atoms with E-state index in [0.29, 0.717) is 12.0 Å². The summed E-state index contributed by atoms with van der Waals surface area (Å²) >= 11 is 0. The summed E-state index contributed by atoms with van der Waals surface area (Å²) in [6.07, 6.45) is 1.16. The molecule has 0 spiro atoms. The Kier molecular flexibility index (Phi) is 3.89. The number of nitrogens with zero attached hydrogens (tertiary/aromatic N) is 1. The average Bonchev–Trinajstić information content (AvgIpc) is 2.83. The van der Waals surface area contributed by atoms with Crippen LogP contribution < -0.4 is 10.2 Å². The molecule has 0 radical (unpaired) electrons. The third-order valence-corrected chi connectivity index (χ3v) is 3.44. The molecule has 94 valence electrons. The van der Waals surface area contributed by atoms with Crippen molar-refractivity contribution in [3.05, 3.63) is 24.3 Å². The molecule has 3 heteroatoms. The smallest absolute Gasteiger partial charge is 0.0596 e. The Morgan fingerprint density at radius 1 is 1.35 bits per heavy atom. The third-order valence-electron chi connectivity index (χ3n) is 3.44. The maximum absolute atomic E-state index is 5.44. The predicted molar refractivity (Wildman–Crippen MR) is 72.8 cm³/mol. The van der Waals surface area contributed by atoms with Gasteiger partial charge in [0.1, 0.15) is 0 Å². The Hall–Kier alpha value is -1.22. The summed E-state index contributed by atoms with van der Waals surface area (Å²) in [7, 11) is 4.15. The maximum Gasteiger partial charge on any atom is 0.0596 e. The van der Waals surface area contributed by atoms with Crippen LogP contribution in [-0.2, 0) is 4.74 Å². The van der Waals surface area contributed by atoms with Crippen molar-refractivity contribution >= 4 is 11.4 Å². The molecule has 2 unspecified atom stereocenters. The molecule has 0 amide bonds. The summed E-state index contributed by atoms with van der Waals surface area (Å²) in [6.45, 7) is 4.04. The number of rotatable bonds is 4. The van der Waals surface area contributed by atoms with E-state index in [0.717, 1.165) is 19.6 Å². The number of ether oxygens (including phenoxy) is 1. The number of benzene rings is 1. The lowest BCUT2D eigenvalue weighted by Crippen LogP contribution is -2.27. The first-order valence-corrected chi connectivity index (χ1v) is 6.29. The van der Waals surface area contributed by atoms with Crippen LogP contribution in [0.5, 0.6) is 0 Å². The molecule has 1 aliphatic rings. The monoisotopic (exact) mass is 234 g/mol. The molecular weight excluding hydrogens is 212 g/mol. The van der Waals surface area contributed by atoms with Gasteiger partial charge in [-0.2, -0.15) is 0 Å². The lowest BCUT2D eigenvalue weighted by atomic mass is 10.0. The van der Waals surface area contributed by atoms with E-state index in [2.05, 4.69) is 55.5 Å². The van der Waals surface area contributed by atoms with Crippen molar-refractivity contribution in [1.29, 1.82) is 0 Å². The average molecular weight is 234 g/mol. The quantitative estimate of drug-likeness (QED) is 0.866. The Morgan fingerprint density at radius 3 is 2.76 bits per heavy atom. The highest BCUT2D eigenvalue weighted by atomic mass is 16.5. The van der Waals surface area contributed by atoms with Gasteiger partial charge in [0.2, 0.25) is 0 Å². The van der Waals surface area contributed by atoms with Gasteiger partial charge in [0.15, 0.2) is 0 Å². The van der Waals surface area contributed by atoms with Crippen molar-refractivity contribution in [1.82, 2.24) is 0 Å². The van der Waals surface area contributed by atoms with Crippen LogP contribution in [0.2, 0.25) is 0 Å². The molecule has 17 heavy (non-hydrogen) atoms. The zero-order valence-corrected chi connectivity index (χ0v) is 10.9. The molecular formula is C14H22N2O. The first-order valence-electron chi connectivity index (χ1n) is 6.29. The van der Waals surface area contributed by atoms with Crippen LogP contribution in [0, 0.1) is 5.92 Å². The topological polar surface area (TPSA) is 24.5 Å². The van der Waals surface area contributed by atoms with Crippen LogP contribution in [0.15, 0.2) is 24.3 Å². The first kappa shape index (κ1) is 12.2. The van der Waals surface area contributed by atoms with Crippen molar-refractivity contribution in [2.75, 3.05) is 37.5 Å². The van der Waals surface area contributed by atoms with Gasteiger partial charge in [0.05, 0.1) is 18.0 Å². The molecule has 2 rings (SSSR count). The number of hydrogen-bond acceptors (Lipinski definition) is 3. The number of hydrogen-bond donors (Lipinski definition) is 1. The van der Waals surface area contributed by atoms with E-state index >= 15 is 0 Å². The lowest BCUT2D eigenvalue weighted by molar-refractivity contribution is 0.183. The predicted octanol–water partition coefficient (Wildman–Crippen LogP) is 2.59. The van der Waals surface area contributed by atoms with E-state index in [1.807, 2.05) is 0 Å². The Labute approximate surface area is 104 Å². The minimum atomic E-state index is 0.457. The van der Waals surface area contributed by atoms with Gasteiger partial charge in [-0.25, -0.2) is 0 Å². The molecule has 0 aliphatic carbocycles. The fraction of sp³-hybridized carbons (Fsp3) is 0.571. The fourth-order valence-corrected chi connectivity index (χ4v) is 2.30. The third kappa shape index (κ3) is 2.91. The molecule has 1 heterocycles. The minimum Gasteiger partial charge on any atom is -0.381 e. The van der Waals surface area contributed by atoms with Gasteiger partial charge in [-0.05, 0) is 25.5 Å². The lowest BCUT2D eigenvalue weighted by Gasteiger charge is -2.24. The second-order valence-electron chi connectivity index (χ2n) is 4.97. The number of nitrogens with one attached hydrogen (secondary N) is 1. The second-order valence-corrected chi connectivity index (χ2v) is 4.97. The van der Waals surface area contributed by atoms with Gasteiger partial charge in [-0.3, -0.25) is 0 Å². The standard InChI is InChI=1S/C14H22N2O/c1-11(12-8-9-17-10-12)15-13-6-4-5-7-14(13)16(2)3/h4-7,11-12,15H,8-10H2,1-3H3. The van der Waals surface area contributed by atoms with Gasteiger partial charge < -0.3 is 15.0 Å². The molecule has 1 aromatic rings. The van der Waals surface area contributed by atoms with Crippen molar-refractivity contribution in [2.24, 2.45) is 5.92 Å². The summed E-state index contributed by atoms with van der Waals surface area (Å²) in [4.78, 5) is 2.14. The number of para-hydroxylation sites is 2. The van der Waals surface area contributed by atoms with Crippen LogP contribution in [0.25, 0.3) is 0 Å². The summed E-state index contributed by atoms with van der Waals surface area (Å²) < 4.78 is 5.44. The highest BCUT2D eigenvalue weighted by Crippen LogP contribution is 2.27. The van der Waals surface area contributed by atoms with Crippen molar-refractivity contribution in [2.45, 2.75) is 19.4 Å². The summed E-state index contributed by atoms with van der Waals surface area (Å²) in [5.41, 5.74) is 2.44. The second kappa shape index (κ2) is 5.41. The fourth-order valence-electron chi connectivity index (χ4n) is 2.30. The van der Waals surface area contributed by atoms with E-state index in [-0.39, 0.29) is 0 Å². The zero-order chi connectivity index (χ0) is 12.3. The summed E-state index contributed by atoms with van der Waals surface area (Å²) in [6, 6.07) is 8.89. The van der Waals surface area contributed by atoms with Crippen LogP contribution in [0.3, 0.4) is 0 Å². The SMILES string of the molecule is CC(Nc1ccccc1N(C)C)C1CCOC1. The molecule has 0 saturated carbocycles. The Balaban J connectivity index is 2.06. The van der Waals surface area contributed by atoms with Crippen LogP contribution in [0.1, 0.15) is 13.3 Å². The highest BCUT2D eigenvalue weighted by Gasteiger charge is 2.22. The molecule has 1 aliphatic heterocycles. The molecule has 1 fully saturated rings. The normalized spacial score (nSPS) is 21.2. The van der Waals surface area contributed by atoms with Crippen molar-refractivity contribution < 1.29 is 4.74 Å². The van der Waals surface area contributed by atoms with E-state index in [1.165, 1.54) is 11.4 Å². The molecule has 2 atom stereocenters. The van der Waals surface area contributed by atoms with Gasteiger partial charge in [0.25, 0.3) is 0 Å². The van der Waals surface area contributed by atoms with Crippen molar-refractivity contribution in [3.8, 4) is 0 Å². The summed E-state index contributed by atoms with van der Waals surface area (Å²) in [5.74, 6) is 0.630. The molecule has 0 bridgehead atoms. The van der Waals surface area contributed by atoms with Crippen LogP contribution in [-0.4, -0.2) is 33.4 Å². The summed E-state index contributed by atoms with van der Waals surface area (Å²) in [5, 5.41) is 3.61. The molecule has 1 saturated heterocycles. The maximum atomic E-state index is 5.44. The first-order chi connectivity index (χ1) is 8.18. The van der Waals surface area contributed by atoms with E-state index < -0.39 is 0 Å². The van der Waals surface area contributed by atoms with Crippen LogP contribution >= 0.6 is 0 Å². The van der Waals surface area contributed by atoms with Gasteiger partial charge in [0, 0.05) is 32.7 Å². The van der Waals surface area contributed by atoms with E-state index in [4.69, 9.17) is 4.74 Å². The van der Waals surface area contributed by atoms with Gasteiger partial charge in [-0.1, -0.05) is 12.1 Å². The Bertz CT molecular complexity index is 359. The zero-order valence-electron chi connectivity index (χ0n) is 10.9. The molecule has 1 N–H and O–H groups in total. The van der Waals surface area contributed by atoms with Crippen molar-refractivity contribution in [3.63, 3.8) is 0 Å². The highest BCUT2D eigenvalue weighted by molar-refractivity contribution is 5.69. The molecule has 1 aromatic carbocycles. The van der Waals surface area contributed by atoms with E-state index in [9.17, 15) is 0 Å². The van der Waals surface area contributed by atoms with E-state index in [1.54, 1.807) is 0 Å². The van der Waals surface area contributed by atoms with Crippen LogP contribution in [0.4, 0.5) is 11.4 Å². The Morgan fingerprint density at radius 2 is 2.12 bits per heavy atom.